The first-order valence-corrected chi connectivity index (χ1v) is 10.4. The number of aromatic nitrogens is 2. The highest BCUT2D eigenvalue weighted by Gasteiger charge is 2.30. The van der Waals surface area contributed by atoms with Gasteiger partial charge in [0.15, 0.2) is 0 Å². The first kappa shape index (κ1) is 20.0. The lowest BCUT2D eigenvalue weighted by Gasteiger charge is -2.19. The Hall–Kier alpha value is -3.97. The number of aliphatic hydroxyl groups excluding tert-OH is 1. The number of hydrogen-bond acceptors (Lipinski definition) is 6. The SMILES string of the molecule is CNC(=O)c1cc(Oc2ccc3nc(N[C@H]4c5ccccc5C[C@H]4O)ccc3c2)ccn1. The zero-order valence-corrected chi connectivity index (χ0v) is 17.4. The summed E-state index contributed by atoms with van der Waals surface area (Å²) in [6.07, 6.45) is 1.69. The first-order valence-electron chi connectivity index (χ1n) is 10.4. The topological polar surface area (TPSA) is 96.4 Å². The highest BCUT2D eigenvalue weighted by molar-refractivity contribution is 5.92. The van der Waals surface area contributed by atoms with Crippen molar-refractivity contribution in [2.24, 2.45) is 0 Å². The Kier molecular flexibility index (Phi) is 5.17. The number of pyridine rings is 2. The quantitative estimate of drug-likeness (QED) is 0.449. The second-order valence-corrected chi connectivity index (χ2v) is 7.70. The summed E-state index contributed by atoms with van der Waals surface area (Å²) < 4.78 is 5.92. The summed E-state index contributed by atoms with van der Waals surface area (Å²) in [5, 5.41) is 17.3. The summed E-state index contributed by atoms with van der Waals surface area (Å²) >= 11 is 0. The van der Waals surface area contributed by atoms with Crippen molar-refractivity contribution in [1.29, 1.82) is 0 Å². The molecule has 1 amide bonds. The van der Waals surface area contributed by atoms with Crippen molar-refractivity contribution in [2.75, 3.05) is 12.4 Å². The van der Waals surface area contributed by atoms with Crippen LogP contribution in [-0.4, -0.2) is 34.1 Å². The molecule has 2 heterocycles. The predicted molar refractivity (Wildman–Crippen MR) is 122 cm³/mol. The van der Waals surface area contributed by atoms with Crippen LogP contribution in [0.2, 0.25) is 0 Å². The lowest BCUT2D eigenvalue weighted by molar-refractivity contribution is 0.0958. The summed E-state index contributed by atoms with van der Waals surface area (Å²) in [7, 11) is 1.56. The Morgan fingerprint density at radius 1 is 1.06 bits per heavy atom. The molecular weight excluding hydrogens is 404 g/mol. The van der Waals surface area contributed by atoms with Gasteiger partial charge in [0.05, 0.1) is 17.7 Å². The number of anilines is 1. The summed E-state index contributed by atoms with van der Waals surface area (Å²) in [5.41, 5.74) is 3.37. The van der Waals surface area contributed by atoms with Crippen molar-refractivity contribution in [2.45, 2.75) is 18.6 Å². The normalized spacial score (nSPS) is 17.1. The van der Waals surface area contributed by atoms with Gasteiger partial charge in [-0.3, -0.25) is 9.78 Å². The van der Waals surface area contributed by atoms with Crippen LogP contribution in [0.5, 0.6) is 11.5 Å². The monoisotopic (exact) mass is 426 g/mol. The van der Waals surface area contributed by atoms with Crippen LogP contribution in [0.1, 0.15) is 27.7 Å². The number of amides is 1. The van der Waals surface area contributed by atoms with Crippen LogP contribution < -0.4 is 15.4 Å². The number of rotatable bonds is 5. The molecule has 32 heavy (non-hydrogen) atoms. The maximum Gasteiger partial charge on any atom is 0.269 e. The Labute approximate surface area is 185 Å². The van der Waals surface area contributed by atoms with Gasteiger partial charge in [0.25, 0.3) is 5.91 Å². The second kappa shape index (κ2) is 8.28. The summed E-state index contributed by atoms with van der Waals surface area (Å²) in [4.78, 5) is 20.5. The van der Waals surface area contributed by atoms with Crippen LogP contribution in [0.25, 0.3) is 10.9 Å². The number of nitrogens with one attached hydrogen (secondary N) is 2. The standard InChI is InChI=1S/C25H22N4O3/c1-26-25(31)21-14-18(10-11-27-21)32-17-7-8-20-16(12-17)6-9-23(28-20)29-24-19-5-3-2-4-15(19)13-22(24)30/h2-12,14,22,24,30H,13H2,1H3,(H,26,31)(H,28,29)/t22-,24+/m1/s1. The number of hydrogen-bond donors (Lipinski definition) is 3. The molecule has 0 bridgehead atoms. The molecule has 0 fully saturated rings. The van der Waals surface area contributed by atoms with Crippen LogP contribution in [0, 0.1) is 0 Å². The highest BCUT2D eigenvalue weighted by Crippen LogP contribution is 2.34. The molecule has 4 aromatic rings. The van der Waals surface area contributed by atoms with E-state index in [0.29, 0.717) is 29.4 Å². The molecule has 3 N–H and O–H groups in total. The largest absolute Gasteiger partial charge is 0.457 e. The number of benzene rings is 2. The van der Waals surface area contributed by atoms with Crippen molar-refractivity contribution >= 4 is 22.6 Å². The molecule has 0 unspecified atom stereocenters. The summed E-state index contributed by atoms with van der Waals surface area (Å²) in [6, 6.07) is 20.7. The molecule has 160 valence electrons. The van der Waals surface area contributed by atoms with Gasteiger partial charge >= 0.3 is 0 Å². The van der Waals surface area contributed by atoms with Crippen LogP contribution in [0.15, 0.2) is 72.9 Å². The van der Waals surface area contributed by atoms with E-state index in [1.807, 2.05) is 48.5 Å². The van der Waals surface area contributed by atoms with E-state index >= 15 is 0 Å². The van der Waals surface area contributed by atoms with E-state index in [1.165, 1.54) is 6.20 Å². The third-order valence-corrected chi connectivity index (χ3v) is 5.59. The van der Waals surface area contributed by atoms with E-state index in [9.17, 15) is 9.90 Å². The van der Waals surface area contributed by atoms with Crippen LogP contribution in [0.3, 0.4) is 0 Å². The van der Waals surface area contributed by atoms with Gasteiger partial charge in [-0.25, -0.2) is 4.98 Å². The van der Waals surface area contributed by atoms with Crippen molar-refractivity contribution in [3.8, 4) is 11.5 Å². The molecule has 1 aliphatic rings. The van der Waals surface area contributed by atoms with Crippen molar-refractivity contribution < 1.29 is 14.6 Å². The van der Waals surface area contributed by atoms with E-state index in [-0.39, 0.29) is 11.9 Å². The maximum absolute atomic E-state index is 11.8. The van der Waals surface area contributed by atoms with Gasteiger partial charge in [-0.05, 0) is 47.5 Å². The Morgan fingerprint density at radius 2 is 1.91 bits per heavy atom. The summed E-state index contributed by atoms with van der Waals surface area (Å²) in [5.74, 6) is 1.59. The molecule has 0 spiro atoms. The lowest BCUT2D eigenvalue weighted by atomic mass is 10.1. The van der Waals surface area contributed by atoms with Gasteiger partial charge in [0, 0.05) is 31.1 Å². The van der Waals surface area contributed by atoms with E-state index in [4.69, 9.17) is 9.72 Å². The molecule has 2 aromatic heterocycles. The number of nitrogens with zero attached hydrogens (tertiary/aromatic N) is 2. The zero-order chi connectivity index (χ0) is 22.1. The summed E-state index contributed by atoms with van der Waals surface area (Å²) in [6.45, 7) is 0. The van der Waals surface area contributed by atoms with Gasteiger partial charge in [0.2, 0.25) is 0 Å². The van der Waals surface area contributed by atoms with E-state index in [2.05, 4.69) is 21.7 Å². The van der Waals surface area contributed by atoms with Crippen molar-refractivity contribution in [1.82, 2.24) is 15.3 Å². The van der Waals surface area contributed by atoms with E-state index in [1.54, 1.807) is 19.2 Å². The lowest BCUT2D eigenvalue weighted by Crippen LogP contribution is -2.21. The number of ether oxygens (including phenoxy) is 1. The highest BCUT2D eigenvalue weighted by atomic mass is 16.5. The minimum absolute atomic E-state index is 0.181. The average molecular weight is 426 g/mol. The van der Waals surface area contributed by atoms with Crippen LogP contribution >= 0.6 is 0 Å². The fourth-order valence-corrected chi connectivity index (χ4v) is 4.02. The number of aliphatic hydroxyl groups is 1. The van der Waals surface area contributed by atoms with Gasteiger partial charge < -0.3 is 20.5 Å². The Bertz CT molecular complexity index is 1310. The minimum Gasteiger partial charge on any atom is -0.457 e. The minimum atomic E-state index is -0.485. The molecule has 0 saturated heterocycles. The maximum atomic E-state index is 11.8. The molecule has 0 radical (unpaired) electrons. The molecule has 0 aliphatic heterocycles. The van der Waals surface area contributed by atoms with Gasteiger partial charge in [-0.1, -0.05) is 24.3 Å². The smallest absolute Gasteiger partial charge is 0.269 e. The molecule has 0 saturated carbocycles. The third-order valence-electron chi connectivity index (χ3n) is 5.59. The molecule has 7 heteroatoms. The molecule has 7 nitrogen and oxygen atoms in total. The Morgan fingerprint density at radius 3 is 2.78 bits per heavy atom. The second-order valence-electron chi connectivity index (χ2n) is 7.70. The third kappa shape index (κ3) is 3.86. The Balaban J connectivity index is 1.36. The first-order chi connectivity index (χ1) is 15.6. The van der Waals surface area contributed by atoms with Crippen molar-refractivity contribution in [3.63, 3.8) is 0 Å². The molecule has 1 aliphatic carbocycles. The average Bonchev–Trinajstić information content (AvgIpc) is 3.13. The zero-order valence-electron chi connectivity index (χ0n) is 17.4. The molecule has 2 aromatic carbocycles. The number of carbonyl (C=O) groups excluding carboxylic acids is 1. The van der Waals surface area contributed by atoms with Crippen molar-refractivity contribution in [3.05, 3.63) is 89.7 Å². The predicted octanol–water partition coefficient (Wildman–Crippen LogP) is 3.85. The molecule has 5 rings (SSSR count). The van der Waals surface area contributed by atoms with Gasteiger partial charge in [-0.2, -0.15) is 0 Å². The van der Waals surface area contributed by atoms with E-state index < -0.39 is 6.10 Å². The molecule has 2 atom stereocenters. The fourth-order valence-electron chi connectivity index (χ4n) is 4.02. The van der Waals surface area contributed by atoms with Gasteiger partial charge in [-0.15, -0.1) is 0 Å². The molecular formula is C25H22N4O3. The number of carbonyl (C=O) groups is 1. The number of fused-ring (bicyclic) bond motifs is 2. The fraction of sp³-hybridized carbons (Fsp3) is 0.160. The van der Waals surface area contributed by atoms with E-state index in [0.717, 1.165) is 22.0 Å². The van der Waals surface area contributed by atoms with Crippen LogP contribution in [-0.2, 0) is 6.42 Å². The van der Waals surface area contributed by atoms with Gasteiger partial charge in [0.1, 0.15) is 23.0 Å². The van der Waals surface area contributed by atoms with Crippen LogP contribution in [0.4, 0.5) is 5.82 Å².